The largest absolute Gasteiger partial charge is 0.481 e. The molecule has 13 heteroatoms. The normalized spacial score (nSPS) is 25.5. The molecule has 12 nitrogen and oxygen atoms in total. The third kappa shape index (κ3) is 7.78. The summed E-state index contributed by atoms with van der Waals surface area (Å²) in [7, 11) is -0.606. The van der Waals surface area contributed by atoms with E-state index in [-0.39, 0.29) is 36.3 Å². The first-order valence-corrected chi connectivity index (χ1v) is 16.6. The number of hydrogen-bond donors (Lipinski definition) is 5. The van der Waals surface area contributed by atoms with E-state index in [0.29, 0.717) is 24.7 Å². The fourth-order valence-electron chi connectivity index (χ4n) is 7.72. The number of amides is 2. The lowest BCUT2D eigenvalue weighted by Gasteiger charge is -2.64. The molecule has 0 radical (unpaired) electrons. The van der Waals surface area contributed by atoms with Gasteiger partial charge >= 0.3 is 7.12 Å². The van der Waals surface area contributed by atoms with Crippen LogP contribution in [-0.4, -0.2) is 60.2 Å². The maximum absolute atomic E-state index is 13.9. The average Bonchev–Trinajstić information content (AvgIpc) is 3.37. The molecule has 2 aromatic carbocycles. The first-order chi connectivity index (χ1) is 22.3. The Morgan fingerprint density at radius 2 is 1.87 bits per heavy atom. The highest BCUT2D eigenvalue weighted by molar-refractivity contribution is 6.48. The highest BCUT2D eigenvalue weighted by Crippen LogP contribution is 2.65. The second-order valence-corrected chi connectivity index (χ2v) is 14.4. The van der Waals surface area contributed by atoms with Crippen molar-refractivity contribution in [2.45, 2.75) is 90.4 Å². The minimum Gasteiger partial charge on any atom is -0.404 e. The maximum atomic E-state index is 13.9. The SMILES string of the molecule is CC(C)C[C@H](NC(=O)[C@H](CCCNC(=N)N[N+](=O)[O-])NC(=O)/C=C/c1ccc2ccccc2c1)B1O[C@@H]2C[C@@H]3C[C@@H](C3(C)C)[C@]2(C)O1. The summed E-state index contributed by atoms with van der Waals surface area (Å²) in [4.78, 5) is 37.6. The van der Waals surface area contributed by atoms with Gasteiger partial charge in [-0.05, 0) is 90.7 Å². The predicted octanol–water partition coefficient (Wildman–Crippen LogP) is 4.22. The zero-order chi connectivity index (χ0) is 33.9. The van der Waals surface area contributed by atoms with Crippen molar-refractivity contribution in [2.24, 2.45) is 23.2 Å². The smallest absolute Gasteiger partial charge is 0.404 e. The highest BCUT2D eigenvalue weighted by atomic mass is 16.7. The number of benzene rings is 2. The fourth-order valence-corrected chi connectivity index (χ4v) is 7.72. The van der Waals surface area contributed by atoms with E-state index in [1.165, 1.54) is 6.08 Å². The molecule has 3 saturated carbocycles. The number of hydrazine groups is 1. The molecule has 6 atom stereocenters. The van der Waals surface area contributed by atoms with Gasteiger partial charge in [-0.15, -0.1) is 0 Å². The van der Waals surface area contributed by atoms with Gasteiger partial charge in [-0.3, -0.25) is 15.0 Å². The summed E-state index contributed by atoms with van der Waals surface area (Å²) in [6, 6.07) is 13.0. The standard InChI is InChI=1S/C34H47BN6O6/c1-21(2)17-29(35-46-28-20-25-19-27(33(25,3)4)34(28,5)47-35)39-31(43)26(11-8-16-37-32(36)40-41(44)45)38-30(42)15-13-22-12-14-23-9-6-7-10-24(23)18-22/h6-7,9-10,12-15,18,21,25-29H,8,11,16-17,19-20H2,1-5H3,(H,38,42)(H,39,43)(H3,36,37,40)/b15-13+/t25-,26-,27-,28+,29-,34-/m0/s1. The lowest BCUT2D eigenvalue weighted by atomic mass is 9.43. The first-order valence-electron chi connectivity index (χ1n) is 16.6. The topological polar surface area (TPSA) is 168 Å². The van der Waals surface area contributed by atoms with Crippen molar-refractivity contribution in [3.8, 4) is 0 Å². The summed E-state index contributed by atoms with van der Waals surface area (Å²) >= 11 is 0. The zero-order valence-electron chi connectivity index (χ0n) is 27.9. The molecule has 3 aliphatic carbocycles. The molecule has 2 amide bonds. The minimum atomic E-state index is -0.899. The number of rotatable bonds is 13. The number of carbonyl (C=O) groups is 2. The van der Waals surface area contributed by atoms with Crippen LogP contribution in [0.4, 0.5) is 0 Å². The van der Waals surface area contributed by atoms with Crippen molar-refractivity contribution in [1.29, 1.82) is 5.41 Å². The van der Waals surface area contributed by atoms with Gasteiger partial charge < -0.3 is 25.3 Å². The predicted molar refractivity (Wildman–Crippen MR) is 182 cm³/mol. The van der Waals surface area contributed by atoms with E-state index in [2.05, 4.69) is 50.6 Å². The molecule has 2 bridgehead atoms. The number of nitro groups is 1. The molecule has 4 aliphatic rings. The van der Waals surface area contributed by atoms with Gasteiger partial charge in [0.1, 0.15) is 6.04 Å². The van der Waals surface area contributed by atoms with Gasteiger partial charge in [-0.1, -0.05) is 69.5 Å². The zero-order valence-corrected chi connectivity index (χ0v) is 27.9. The van der Waals surface area contributed by atoms with Crippen LogP contribution in [0.25, 0.3) is 16.8 Å². The Kier molecular flexibility index (Phi) is 10.3. The van der Waals surface area contributed by atoms with E-state index >= 15 is 0 Å². The quantitative estimate of drug-likeness (QED) is 0.0410. The van der Waals surface area contributed by atoms with Crippen LogP contribution in [0, 0.1) is 38.7 Å². The van der Waals surface area contributed by atoms with Crippen LogP contribution in [0.5, 0.6) is 0 Å². The Labute approximate surface area is 276 Å². The van der Waals surface area contributed by atoms with Crippen molar-refractivity contribution in [3.05, 3.63) is 64.2 Å². The molecular weight excluding hydrogens is 599 g/mol. The van der Waals surface area contributed by atoms with Gasteiger partial charge in [-0.25, -0.2) is 10.1 Å². The first kappa shape index (κ1) is 34.4. The van der Waals surface area contributed by atoms with Gasteiger partial charge in [-0.2, -0.15) is 0 Å². The molecular formula is C34H47BN6O6. The number of hydrogen-bond acceptors (Lipinski definition) is 7. The van der Waals surface area contributed by atoms with Crippen molar-refractivity contribution >= 4 is 41.7 Å². The van der Waals surface area contributed by atoms with Gasteiger partial charge in [0.2, 0.25) is 11.8 Å². The Bertz CT molecular complexity index is 1530. The molecule has 1 saturated heterocycles. The van der Waals surface area contributed by atoms with Crippen LogP contribution in [-0.2, 0) is 18.9 Å². The monoisotopic (exact) mass is 646 g/mol. The molecule has 0 unspecified atom stereocenters. The van der Waals surface area contributed by atoms with Crippen LogP contribution in [0.2, 0.25) is 0 Å². The molecule has 5 N–H and O–H groups in total. The summed E-state index contributed by atoms with van der Waals surface area (Å²) in [6.07, 6.45) is 6.38. The molecule has 0 aromatic heterocycles. The van der Waals surface area contributed by atoms with E-state index < -0.39 is 41.6 Å². The summed E-state index contributed by atoms with van der Waals surface area (Å²) in [5.41, 5.74) is 2.37. The van der Waals surface area contributed by atoms with Gasteiger partial charge in [0.05, 0.1) is 17.6 Å². The molecule has 4 fully saturated rings. The second kappa shape index (κ2) is 14.0. The number of guanidine groups is 1. The van der Waals surface area contributed by atoms with Crippen molar-refractivity contribution in [2.75, 3.05) is 6.54 Å². The van der Waals surface area contributed by atoms with Gasteiger partial charge in [0, 0.05) is 12.6 Å². The number of nitrogens with one attached hydrogen (secondary N) is 5. The molecule has 47 heavy (non-hydrogen) atoms. The Morgan fingerprint density at radius 3 is 2.57 bits per heavy atom. The third-order valence-electron chi connectivity index (χ3n) is 10.4. The third-order valence-corrected chi connectivity index (χ3v) is 10.4. The van der Waals surface area contributed by atoms with Crippen LogP contribution in [0.1, 0.15) is 72.3 Å². The molecule has 0 spiro atoms. The fraction of sp³-hybridized carbons (Fsp3) is 0.559. The van der Waals surface area contributed by atoms with Gasteiger partial charge in [0.15, 0.2) is 5.03 Å². The van der Waals surface area contributed by atoms with E-state index in [4.69, 9.17) is 14.7 Å². The van der Waals surface area contributed by atoms with E-state index in [1.807, 2.05) is 42.5 Å². The average molecular weight is 647 g/mol. The molecule has 252 valence electrons. The molecule has 2 aromatic rings. The molecule has 1 aliphatic heterocycles. The lowest BCUT2D eigenvalue weighted by molar-refractivity contribution is -0.525. The Balaban J connectivity index is 1.27. The number of nitrogens with zero attached hydrogens (tertiary/aromatic N) is 1. The van der Waals surface area contributed by atoms with E-state index in [9.17, 15) is 19.7 Å². The Morgan fingerprint density at radius 1 is 1.13 bits per heavy atom. The van der Waals surface area contributed by atoms with Crippen molar-refractivity contribution in [1.82, 2.24) is 21.4 Å². The van der Waals surface area contributed by atoms with E-state index in [0.717, 1.165) is 29.2 Å². The minimum absolute atomic E-state index is 0.0271. The lowest BCUT2D eigenvalue weighted by Crippen LogP contribution is -2.65. The summed E-state index contributed by atoms with van der Waals surface area (Å²) in [5, 5.41) is 28.2. The second-order valence-electron chi connectivity index (χ2n) is 14.4. The summed E-state index contributed by atoms with van der Waals surface area (Å²) in [5.74, 6) is -0.437. The number of fused-ring (bicyclic) bond motifs is 1. The maximum Gasteiger partial charge on any atom is 0.481 e. The summed E-state index contributed by atoms with van der Waals surface area (Å²) < 4.78 is 13.2. The van der Waals surface area contributed by atoms with E-state index in [1.54, 1.807) is 11.5 Å². The highest BCUT2D eigenvalue weighted by Gasteiger charge is 2.68. The van der Waals surface area contributed by atoms with Crippen LogP contribution in [0.15, 0.2) is 48.5 Å². The number of carbonyl (C=O) groups excluding carboxylic acids is 2. The van der Waals surface area contributed by atoms with Crippen LogP contribution >= 0.6 is 0 Å². The van der Waals surface area contributed by atoms with Crippen LogP contribution in [0.3, 0.4) is 0 Å². The summed E-state index contributed by atoms with van der Waals surface area (Å²) in [6.45, 7) is 11.1. The van der Waals surface area contributed by atoms with Gasteiger partial charge in [0.25, 0.3) is 5.96 Å². The van der Waals surface area contributed by atoms with Crippen LogP contribution < -0.4 is 21.4 Å². The Hall–Kier alpha value is -3.97. The molecule has 6 rings (SSSR count). The van der Waals surface area contributed by atoms with Crippen molar-refractivity contribution < 1.29 is 23.9 Å². The van der Waals surface area contributed by atoms with Crippen molar-refractivity contribution in [3.63, 3.8) is 0 Å². The molecule has 1 heterocycles.